The molecule has 6 heteroatoms. The molecule has 0 aliphatic heterocycles. The smallest absolute Gasteiger partial charge is 0.151 e. The largest absolute Gasteiger partial charge is 0.396 e. The van der Waals surface area contributed by atoms with Crippen molar-refractivity contribution in [3.63, 3.8) is 0 Å². The highest BCUT2D eigenvalue weighted by atomic mass is 19.1. The monoisotopic (exact) mass is 289 g/mol. The van der Waals surface area contributed by atoms with E-state index in [4.69, 9.17) is 5.73 Å². The van der Waals surface area contributed by atoms with Crippen molar-refractivity contribution in [1.29, 1.82) is 0 Å². The van der Waals surface area contributed by atoms with Gasteiger partial charge in [0.15, 0.2) is 5.82 Å². The Hall–Kier alpha value is -2.76. The third-order valence-electron chi connectivity index (χ3n) is 3.02. The van der Waals surface area contributed by atoms with Crippen molar-refractivity contribution in [1.82, 2.24) is 9.78 Å². The van der Waals surface area contributed by atoms with E-state index < -0.39 is 11.6 Å². The number of hydrogen-bond donors (Lipinski definition) is 1. The molecule has 0 amide bonds. The average molecular weight is 289 g/mol. The Morgan fingerprint density at radius 3 is 2.24 bits per heavy atom. The zero-order chi connectivity index (χ0) is 15.0. The lowest BCUT2D eigenvalue weighted by atomic mass is 10.1. The molecule has 0 fully saturated rings. The average Bonchev–Trinajstić information content (AvgIpc) is 2.81. The maximum absolute atomic E-state index is 13.7. The van der Waals surface area contributed by atoms with E-state index in [1.807, 2.05) is 0 Å². The fourth-order valence-corrected chi connectivity index (χ4v) is 2.01. The number of nitrogens with zero attached hydrogens (tertiary/aromatic N) is 2. The quantitative estimate of drug-likeness (QED) is 0.784. The molecule has 0 aliphatic carbocycles. The number of anilines is 1. The summed E-state index contributed by atoms with van der Waals surface area (Å²) >= 11 is 0. The molecule has 2 N–H and O–H groups in total. The minimum atomic E-state index is -0.747. The molecule has 0 saturated heterocycles. The molecular formula is C15H10F3N3. The predicted molar refractivity (Wildman–Crippen MR) is 73.3 cm³/mol. The summed E-state index contributed by atoms with van der Waals surface area (Å²) in [4.78, 5) is 0. The van der Waals surface area contributed by atoms with E-state index in [0.29, 0.717) is 16.9 Å². The second-order valence-electron chi connectivity index (χ2n) is 4.48. The molecule has 2 aromatic carbocycles. The number of rotatable bonds is 2. The third-order valence-corrected chi connectivity index (χ3v) is 3.02. The van der Waals surface area contributed by atoms with Crippen molar-refractivity contribution in [2.45, 2.75) is 0 Å². The molecule has 3 rings (SSSR count). The third kappa shape index (κ3) is 2.47. The van der Waals surface area contributed by atoms with E-state index in [9.17, 15) is 13.2 Å². The zero-order valence-corrected chi connectivity index (χ0v) is 10.7. The van der Waals surface area contributed by atoms with Gasteiger partial charge in [-0.25, -0.2) is 17.9 Å². The first kappa shape index (κ1) is 13.2. The summed E-state index contributed by atoms with van der Waals surface area (Å²) in [5.41, 5.74) is 7.25. The second kappa shape index (κ2) is 4.97. The van der Waals surface area contributed by atoms with Gasteiger partial charge < -0.3 is 5.73 Å². The van der Waals surface area contributed by atoms with Crippen LogP contribution in [0.15, 0.2) is 48.7 Å². The van der Waals surface area contributed by atoms with Gasteiger partial charge in [0.2, 0.25) is 0 Å². The van der Waals surface area contributed by atoms with Crippen LogP contribution in [0.1, 0.15) is 0 Å². The Bertz CT molecular complexity index is 794. The number of nitrogens with two attached hydrogens (primary N) is 1. The van der Waals surface area contributed by atoms with Crippen molar-refractivity contribution >= 4 is 5.69 Å². The summed E-state index contributed by atoms with van der Waals surface area (Å²) in [7, 11) is 0. The summed E-state index contributed by atoms with van der Waals surface area (Å²) in [6.45, 7) is 0. The Balaban J connectivity index is 2.07. The van der Waals surface area contributed by atoms with Gasteiger partial charge in [-0.15, -0.1) is 0 Å². The van der Waals surface area contributed by atoms with Crippen LogP contribution in [0.25, 0.3) is 16.9 Å². The fourth-order valence-electron chi connectivity index (χ4n) is 2.01. The summed E-state index contributed by atoms with van der Waals surface area (Å²) in [5.74, 6) is -1.79. The first-order valence-corrected chi connectivity index (χ1v) is 6.11. The van der Waals surface area contributed by atoms with E-state index in [2.05, 4.69) is 5.10 Å². The van der Waals surface area contributed by atoms with Crippen LogP contribution >= 0.6 is 0 Å². The normalized spacial score (nSPS) is 10.8. The molecule has 0 atom stereocenters. The number of nitrogen functional groups attached to an aromatic ring is 1. The van der Waals surface area contributed by atoms with Gasteiger partial charge in [-0.1, -0.05) is 0 Å². The van der Waals surface area contributed by atoms with Crippen molar-refractivity contribution in [3.8, 4) is 16.9 Å². The topological polar surface area (TPSA) is 43.8 Å². The summed E-state index contributed by atoms with van der Waals surface area (Å²) < 4.78 is 40.8. The van der Waals surface area contributed by atoms with Gasteiger partial charge in [0.1, 0.15) is 23.0 Å². The Morgan fingerprint density at radius 2 is 1.57 bits per heavy atom. The SMILES string of the molecule is Nc1cn(-c2ccc(F)cc2F)nc1-c1ccc(F)cc1. The highest BCUT2D eigenvalue weighted by Crippen LogP contribution is 2.26. The summed E-state index contributed by atoms with van der Waals surface area (Å²) in [6.07, 6.45) is 1.43. The van der Waals surface area contributed by atoms with Crippen LogP contribution in [0.2, 0.25) is 0 Å². The fraction of sp³-hybridized carbons (Fsp3) is 0. The molecule has 0 aliphatic rings. The van der Waals surface area contributed by atoms with Gasteiger partial charge >= 0.3 is 0 Å². The molecule has 3 nitrogen and oxygen atoms in total. The molecule has 106 valence electrons. The Morgan fingerprint density at radius 1 is 0.905 bits per heavy atom. The van der Waals surface area contributed by atoms with Crippen LogP contribution in [0.5, 0.6) is 0 Å². The highest BCUT2D eigenvalue weighted by Gasteiger charge is 2.12. The predicted octanol–water partition coefficient (Wildman–Crippen LogP) is 3.54. The van der Waals surface area contributed by atoms with Gasteiger partial charge in [0.05, 0.1) is 11.9 Å². The lowest BCUT2D eigenvalue weighted by Gasteiger charge is -2.02. The van der Waals surface area contributed by atoms with E-state index in [-0.39, 0.29) is 11.5 Å². The number of benzene rings is 2. The van der Waals surface area contributed by atoms with Crippen LogP contribution in [0.4, 0.5) is 18.9 Å². The van der Waals surface area contributed by atoms with E-state index in [1.54, 1.807) is 0 Å². The van der Waals surface area contributed by atoms with Crippen LogP contribution in [-0.2, 0) is 0 Å². The molecule has 0 spiro atoms. The summed E-state index contributed by atoms with van der Waals surface area (Å²) in [5, 5.41) is 4.18. The lowest BCUT2D eigenvalue weighted by molar-refractivity contribution is 0.574. The van der Waals surface area contributed by atoms with Crippen LogP contribution in [0, 0.1) is 17.5 Å². The van der Waals surface area contributed by atoms with Gasteiger partial charge in [0.25, 0.3) is 0 Å². The van der Waals surface area contributed by atoms with Gasteiger partial charge in [-0.2, -0.15) is 5.10 Å². The Kier molecular flexibility index (Phi) is 3.13. The first-order chi connectivity index (χ1) is 10.0. The minimum absolute atomic E-state index is 0.0801. The van der Waals surface area contributed by atoms with Crippen LogP contribution in [-0.4, -0.2) is 9.78 Å². The van der Waals surface area contributed by atoms with E-state index in [0.717, 1.165) is 12.1 Å². The molecule has 1 heterocycles. The number of aromatic nitrogens is 2. The van der Waals surface area contributed by atoms with Gasteiger partial charge in [-0.05, 0) is 36.4 Å². The lowest BCUT2D eigenvalue weighted by Crippen LogP contribution is -1.99. The van der Waals surface area contributed by atoms with Crippen LogP contribution in [0.3, 0.4) is 0 Å². The second-order valence-corrected chi connectivity index (χ2v) is 4.48. The van der Waals surface area contributed by atoms with E-state index >= 15 is 0 Å². The number of hydrogen-bond acceptors (Lipinski definition) is 2. The Labute approximate surface area is 118 Å². The zero-order valence-electron chi connectivity index (χ0n) is 10.7. The van der Waals surface area contributed by atoms with Crippen molar-refractivity contribution < 1.29 is 13.2 Å². The van der Waals surface area contributed by atoms with Crippen molar-refractivity contribution in [2.75, 3.05) is 5.73 Å². The molecule has 3 aromatic rings. The minimum Gasteiger partial charge on any atom is -0.396 e. The van der Waals surface area contributed by atoms with Gasteiger partial charge in [-0.3, -0.25) is 0 Å². The maximum atomic E-state index is 13.7. The number of halogens is 3. The first-order valence-electron chi connectivity index (χ1n) is 6.11. The van der Waals surface area contributed by atoms with Crippen molar-refractivity contribution in [3.05, 3.63) is 66.1 Å². The standard InChI is InChI=1S/C15H10F3N3/c16-10-3-1-9(2-4-10)15-13(19)8-21(20-15)14-6-5-11(17)7-12(14)18/h1-8H,19H2. The van der Waals surface area contributed by atoms with Gasteiger partial charge in [0, 0.05) is 11.6 Å². The summed E-state index contributed by atoms with van der Waals surface area (Å²) in [6, 6.07) is 8.79. The van der Waals surface area contributed by atoms with Crippen LogP contribution < -0.4 is 5.73 Å². The van der Waals surface area contributed by atoms with E-state index in [1.165, 1.54) is 41.2 Å². The highest BCUT2D eigenvalue weighted by molar-refractivity contribution is 5.72. The molecule has 21 heavy (non-hydrogen) atoms. The molecule has 0 bridgehead atoms. The maximum Gasteiger partial charge on any atom is 0.151 e. The van der Waals surface area contributed by atoms with Crippen molar-refractivity contribution in [2.24, 2.45) is 0 Å². The molecule has 0 radical (unpaired) electrons. The molecular weight excluding hydrogens is 279 g/mol. The molecule has 0 saturated carbocycles. The molecule has 1 aromatic heterocycles. The molecule has 0 unspecified atom stereocenters.